The van der Waals surface area contributed by atoms with Gasteiger partial charge < -0.3 is 10.0 Å². The van der Waals surface area contributed by atoms with Crippen molar-refractivity contribution in [2.75, 3.05) is 6.54 Å². The summed E-state index contributed by atoms with van der Waals surface area (Å²) in [5.41, 5.74) is -1.01. The summed E-state index contributed by atoms with van der Waals surface area (Å²) < 4.78 is 40.3. The van der Waals surface area contributed by atoms with Gasteiger partial charge in [0.2, 0.25) is 5.60 Å². The first-order valence-corrected chi connectivity index (χ1v) is 7.41. The molecule has 0 aliphatic carbocycles. The van der Waals surface area contributed by atoms with Gasteiger partial charge in [-0.3, -0.25) is 4.79 Å². The van der Waals surface area contributed by atoms with Crippen LogP contribution >= 0.6 is 0 Å². The maximum atomic E-state index is 12.8. The first-order valence-electron chi connectivity index (χ1n) is 7.41. The van der Waals surface area contributed by atoms with E-state index in [9.17, 15) is 23.1 Å². The Kier molecular flexibility index (Phi) is 3.87. The van der Waals surface area contributed by atoms with Crippen LogP contribution in [0.15, 0.2) is 36.5 Å². The lowest BCUT2D eigenvalue weighted by Crippen LogP contribution is -2.56. The predicted molar refractivity (Wildman–Crippen MR) is 79.4 cm³/mol. The van der Waals surface area contributed by atoms with E-state index in [1.54, 1.807) is 10.9 Å². The number of fused-ring (bicyclic) bond motifs is 1. The molecular formula is C16H16F3N3O2. The summed E-state index contributed by atoms with van der Waals surface area (Å²) in [6, 6.07) is 9.35. The average molecular weight is 339 g/mol. The molecule has 1 amide bonds. The minimum absolute atomic E-state index is 0.00672. The number of alkyl halides is 3. The first-order chi connectivity index (χ1) is 11.2. The Morgan fingerprint density at radius 3 is 2.54 bits per heavy atom. The number of aliphatic hydroxyl groups is 1. The van der Waals surface area contributed by atoms with Crippen LogP contribution < -0.4 is 0 Å². The molecule has 8 heteroatoms. The molecule has 1 atom stereocenters. The van der Waals surface area contributed by atoms with Crippen molar-refractivity contribution in [2.45, 2.75) is 31.7 Å². The Balaban J connectivity index is 1.84. The SMILES string of the molecule is C[C@@](O)(C(=O)N1CCc2c(cnn2-c2ccccc2)C1)C(F)(F)F. The molecule has 1 aromatic heterocycles. The van der Waals surface area contributed by atoms with Crippen LogP contribution in [0.25, 0.3) is 5.69 Å². The normalized spacial score (nSPS) is 17.3. The third-order valence-electron chi connectivity index (χ3n) is 4.19. The number of rotatable bonds is 2. The molecule has 0 spiro atoms. The van der Waals surface area contributed by atoms with Gasteiger partial charge in [-0.1, -0.05) is 18.2 Å². The molecular weight excluding hydrogens is 323 g/mol. The molecule has 0 bridgehead atoms. The molecule has 0 radical (unpaired) electrons. The van der Waals surface area contributed by atoms with Crippen molar-refractivity contribution >= 4 is 5.91 Å². The number of hydrogen-bond acceptors (Lipinski definition) is 3. The lowest BCUT2D eigenvalue weighted by molar-refractivity contribution is -0.250. The highest BCUT2D eigenvalue weighted by Crippen LogP contribution is 2.33. The van der Waals surface area contributed by atoms with Crippen molar-refractivity contribution in [3.63, 3.8) is 0 Å². The molecule has 2 aromatic rings. The van der Waals surface area contributed by atoms with Crippen molar-refractivity contribution < 1.29 is 23.1 Å². The topological polar surface area (TPSA) is 58.4 Å². The Morgan fingerprint density at radius 1 is 1.25 bits per heavy atom. The summed E-state index contributed by atoms with van der Waals surface area (Å²) in [5.74, 6) is -1.34. The number of carbonyl (C=O) groups is 1. The van der Waals surface area contributed by atoms with Crippen LogP contribution in [0.1, 0.15) is 18.2 Å². The number of benzene rings is 1. The van der Waals surface area contributed by atoms with E-state index in [0.717, 1.165) is 16.3 Å². The van der Waals surface area contributed by atoms with Gasteiger partial charge in [-0.2, -0.15) is 18.3 Å². The highest BCUT2D eigenvalue weighted by atomic mass is 19.4. The van der Waals surface area contributed by atoms with Gasteiger partial charge in [-0.05, 0) is 19.1 Å². The molecule has 1 aromatic carbocycles. The number of para-hydroxylation sites is 1. The van der Waals surface area contributed by atoms with Gasteiger partial charge in [0.1, 0.15) is 0 Å². The van der Waals surface area contributed by atoms with Crippen LogP contribution in [0.5, 0.6) is 0 Å². The molecule has 1 aliphatic rings. The third kappa shape index (κ3) is 2.66. The number of carbonyl (C=O) groups excluding carboxylic acids is 1. The second-order valence-electron chi connectivity index (χ2n) is 5.91. The van der Waals surface area contributed by atoms with E-state index >= 15 is 0 Å². The quantitative estimate of drug-likeness (QED) is 0.911. The maximum absolute atomic E-state index is 12.8. The van der Waals surface area contributed by atoms with Gasteiger partial charge in [0, 0.05) is 25.1 Å². The van der Waals surface area contributed by atoms with Crippen LogP contribution in [0.4, 0.5) is 13.2 Å². The van der Waals surface area contributed by atoms with Crippen molar-refractivity contribution in [2.24, 2.45) is 0 Å². The fraction of sp³-hybridized carbons (Fsp3) is 0.375. The minimum Gasteiger partial charge on any atom is -0.373 e. The van der Waals surface area contributed by atoms with Gasteiger partial charge in [0.15, 0.2) is 0 Å². The van der Waals surface area contributed by atoms with Crippen molar-refractivity contribution in [3.8, 4) is 5.69 Å². The van der Waals surface area contributed by atoms with Crippen LogP contribution in [0.2, 0.25) is 0 Å². The van der Waals surface area contributed by atoms with Gasteiger partial charge in [0.05, 0.1) is 17.6 Å². The van der Waals surface area contributed by atoms with E-state index in [1.807, 2.05) is 30.3 Å². The Labute approximate surface area is 136 Å². The van der Waals surface area contributed by atoms with Gasteiger partial charge in [-0.25, -0.2) is 4.68 Å². The van der Waals surface area contributed by atoms with Crippen molar-refractivity contribution in [3.05, 3.63) is 47.8 Å². The average Bonchev–Trinajstić information content (AvgIpc) is 2.97. The first kappa shape index (κ1) is 16.5. The maximum Gasteiger partial charge on any atom is 0.426 e. The largest absolute Gasteiger partial charge is 0.426 e. The summed E-state index contributed by atoms with van der Waals surface area (Å²) in [6.45, 7) is 0.571. The number of halogens is 3. The Morgan fingerprint density at radius 2 is 1.92 bits per heavy atom. The van der Waals surface area contributed by atoms with Crippen LogP contribution in [-0.4, -0.2) is 44.0 Å². The monoisotopic (exact) mass is 339 g/mol. The molecule has 24 heavy (non-hydrogen) atoms. The Hall–Kier alpha value is -2.35. The smallest absolute Gasteiger partial charge is 0.373 e. The second-order valence-corrected chi connectivity index (χ2v) is 5.91. The summed E-state index contributed by atoms with van der Waals surface area (Å²) in [5, 5.41) is 13.8. The molecule has 128 valence electrons. The van der Waals surface area contributed by atoms with Gasteiger partial charge in [-0.15, -0.1) is 0 Å². The minimum atomic E-state index is -5.02. The zero-order chi connectivity index (χ0) is 17.5. The molecule has 2 heterocycles. The lowest BCUT2D eigenvalue weighted by atomic mass is 10.0. The Bertz CT molecular complexity index is 754. The van der Waals surface area contributed by atoms with Crippen LogP contribution in [-0.2, 0) is 17.8 Å². The van der Waals surface area contributed by atoms with E-state index < -0.39 is 17.7 Å². The van der Waals surface area contributed by atoms with Crippen molar-refractivity contribution in [1.82, 2.24) is 14.7 Å². The van der Waals surface area contributed by atoms with E-state index in [4.69, 9.17) is 0 Å². The van der Waals surface area contributed by atoms with Crippen LogP contribution in [0.3, 0.4) is 0 Å². The van der Waals surface area contributed by atoms with E-state index in [1.165, 1.54) is 0 Å². The third-order valence-corrected chi connectivity index (χ3v) is 4.19. The number of amides is 1. The van der Waals surface area contributed by atoms with Gasteiger partial charge in [0.25, 0.3) is 5.91 Å². The second kappa shape index (κ2) is 5.62. The van der Waals surface area contributed by atoms with Crippen LogP contribution in [0, 0.1) is 0 Å². The summed E-state index contributed by atoms with van der Waals surface area (Å²) in [6.07, 6.45) is -3.10. The zero-order valence-corrected chi connectivity index (χ0v) is 12.9. The van der Waals surface area contributed by atoms with Gasteiger partial charge >= 0.3 is 6.18 Å². The predicted octanol–water partition coefficient (Wildman–Crippen LogP) is 2.07. The molecule has 0 fully saturated rings. The summed E-state index contributed by atoms with van der Waals surface area (Å²) >= 11 is 0. The van der Waals surface area contributed by atoms with E-state index in [-0.39, 0.29) is 13.1 Å². The number of hydrogen-bond donors (Lipinski definition) is 1. The molecule has 5 nitrogen and oxygen atoms in total. The zero-order valence-electron chi connectivity index (χ0n) is 12.9. The standard InChI is InChI=1S/C16H16F3N3O2/c1-15(24,16(17,18)19)14(23)21-8-7-13-11(10-21)9-20-22(13)12-5-3-2-4-6-12/h2-6,9,24H,7-8,10H2,1H3/t15-/m1/s1. The molecule has 1 aliphatic heterocycles. The molecule has 1 N–H and O–H groups in total. The molecule has 3 rings (SSSR count). The highest BCUT2D eigenvalue weighted by Gasteiger charge is 2.57. The lowest BCUT2D eigenvalue weighted by Gasteiger charge is -2.34. The number of nitrogens with zero attached hydrogens (tertiary/aromatic N) is 3. The summed E-state index contributed by atoms with van der Waals surface area (Å²) in [7, 11) is 0. The molecule has 0 saturated carbocycles. The molecule has 0 unspecified atom stereocenters. The molecule has 0 saturated heterocycles. The van der Waals surface area contributed by atoms with E-state index in [0.29, 0.717) is 18.9 Å². The fourth-order valence-electron chi connectivity index (χ4n) is 2.73. The summed E-state index contributed by atoms with van der Waals surface area (Å²) in [4.78, 5) is 13.1. The number of aromatic nitrogens is 2. The highest BCUT2D eigenvalue weighted by molar-refractivity contribution is 5.85. The fourth-order valence-corrected chi connectivity index (χ4v) is 2.73. The van der Waals surface area contributed by atoms with Crippen molar-refractivity contribution in [1.29, 1.82) is 0 Å². The van der Waals surface area contributed by atoms with E-state index in [2.05, 4.69) is 5.10 Å².